The Kier molecular flexibility index (Phi) is 5.64. The van der Waals surface area contributed by atoms with Gasteiger partial charge < -0.3 is 9.88 Å². The number of pyridine rings is 1. The van der Waals surface area contributed by atoms with Crippen molar-refractivity contribution < 1.29 is 0 Å². The van der Waals surface area contributed by atoms with Crippen molar-refractivity contribution in [1.82, 2.24) is 9.88 Å². The van der Waals surface area contributed by atoms with E-state index in [9.17, 15) is 4.79 Å². The van der Waals surface area contributed by atoms with Gasteiger partial charge in [0.15, 0.2) is 0 Å². The van der Waals surface area contributed by atoms with Crippen LogP contribution in [0.1, 0.15) is 39.0 Å². The summed E-state index contributed by atoms with van der Waals surface area (Å²) in [5.74, 6) is 1.83. The lowest BCUT2D eigenvalue weighted by atomic mass is 9.81. The van der Waals surface area contributed by atoms with Gasteiger partial charge in [-0.25, -0.2) is 0 Å². The van der Waals surface area contributed by atoms with E-state index in [1.165, 1.54) is 32.1 Å². The van der Waals surface area contributed by atoms with Crippen molar-refractivity contribution in [2.24, 2.45) is 11.8 Å². The molecule has 3 nitrogen and oxygen atoms in total. The van der Waals surface area contributed by atoms with Crippen molar-refractivity contribution in [2.75, 3.05) is 13.1 Å². The third kappa shape index (κ3) is 4.83. The average molecular weight is 262 g/mol. The molecule has 2 unspecified atom stereocenters. The van der Waals surface area contributed by atoms with Crippen molar-refractivity contribution in [3.8, 4) is 0 Å². The summed E-state index contributed by atoms with van der Waals surface area (Å²) in [5.41, 5.74) is 0.0883. The molecule has 0 radical (unpaired) electrons. The van der Waals surface area contributed by atoms with Gasteiger partial charge in [-0.15, -0.1) is 0 Å². The number of hydrogen-bond acceptors (Lipinski definition) is 2. The zero-order valence-corrected chi connectivity index (χ0v) is 12.0. The summed E-state index contributed by atoms with van der Waals surface area (Å²) in [6.45, 7) is 5.10. The average Bonchev–Trinajstić information content (AvgIpc) is 2.40. The van der Waals surface area contributed by atoms with Gasteiger partial charge in [-0.3, -0.25) is 4.79 Å². The molecule has 2 atom stereocenters. The van der Waals surface area contributed by atoms with Crippen LogP contribution in [0.5, 0.6) is 0 Å². The molecule has 1 N–H and O–H groups in total. The van der Waals surface area contributed by atoms with Crippen molar-refractivity contribution in [2.45, 2.75) is 45.6 Å². The molecule has 2 rings (SSSR count). The Morgan fingerprint density at radius 2 is 2.21 bits per heavy atom. The molecule has 0 amide bonds. The standard InChI is InChI=1S/C16H26N2O/c1-14-5-4-6-15(13-14)8-9-17-10-12-18-11-3-2-7-16(18)19/h2-3,7,11,14-15,17H,4-6,8-10,12-13H2,1H3. The van der Waals surface area contributed by atoms with Crippen molar-refractivity contribution in [3.05, 3.63) is 34.7 Å². The highest BCUT2D eigenvalue weighted by Crippen LogP contribution is 2.30. The predicted molar refractivity (Wildman–Crippen MR) is 79.3 cm³/mol. The molecule has 1 saturated carbocycles. The Morgan fingerprint density at radius 1 is 1.32 bits per heavy atom. The molecular weight excluding hydrogens is 236 g/mol. The number of nitrogens with zero attached hydrogens (tertiary/aromatic N) is 1. The molecule has 0 spiro atoms. The maximum Gasteiger partial charge on any atom is 0.250 e. The largest absolute Gasteiger partial charge is 0.315 e. The second kappa shape index (κ2) is 7.49. The van der Waals surface area contributed by atoms with E-state index in [0.717, 1.165) is 31.5 Å². The summed E-state index contributed by atoms with van der Waals surface area (Å²) in [7, 11) is 0. The van der Waals surface area contributed by atoms with Gasteiger partial charge in [-0.05, 0) is 37.3 Å². The Hall–Kier alpha value is -1.09. The van der Waals surface area contributed by atoms with Crippen LogP contribution in [0.4, 0.5) is 0 Å². The first-order valence-corrected chi connectivity index (χ1v) is 7.62. The molecule has 1 heterocycles. The lowest BCUT2D eigenvalue weighted by Gasteiger charge is -2.26. The zero-order chi connectivity index (χ0) is 13.5. The van der Waals surface area contributed by atoms with Crippen LogP contribution in [0.25, 0.3) is 0 Å². The van der Waals surface area contributed by atoms with Gasteiger partial charge in [-0.2, -0.15) is 0 Å². The molecule has 0 aliphatic heterocycles. The van der Waals surface area contributed by atoms with Crippen LogP contribution in [0.2, 0.25) is 0 Å². The highest BCUT2D eigenvalue weighted by molar-refractivity contribution is 4.93. The van der Waals surface area contributed by atoms with Gasteiger partial charge in [0.05, 0.1) is 0 Å². The van der Waals surface area contributed by atoms with E-state index in [2.05, 4.69) is 12.2 Å². The first-order chi connectivity index (χ1) is 9.25. The van der Waals surface area contributed by atoms with Gasteiger partial charge in [0.2, 0.25) is 0 Å². The van der Waals surface area contributed by atoms with Gasteiger partial charge in [-0.1, -0.05) is 32.3 Å². The number of aromatic nitrogens is 1. The molecule has 106 valence electrons. The van der Waals surface area contributed by atoms with Crippen LogP contribution < -0.4 is 10.9 Å². The quantitative estimate of drug-likeness (QED) is 0.800. The van der Waals surface area contributed by atoms with Crippen LogP contribution in [-0.4, -0.2) is 17.7 Å². The smallest absolute Gasteiger partial charge is 0.250 e. The molecule has 1 aliphatic carbocycles. The van der Waals surface area contributed by atoms with Crippen molar-refractivity contribution in [1.29, 1.82) is 0 Å². The molecular formula is C16H26N2O. The van der Waals surface area contributed by atoms with E-state index < -0.39 is 0 Å². The first-order valence-electron chi connectivity index (χ1n) is 7.62. The molecule has 0 aromatic carbocycles. The third-order valence-electron chi connectivity index (χ3n) is 4.20. The molecule has 1 fully saturated rings. The van der Waals surface area contributed by atoms with E-state index >= 15 is 0 Å². The fourth-order valence-corrected chi connectivity index (χ4v) is 3.10. The van der Waals surface area contributed by atoms with Crippen molar-refractivity contribution in [3.63, 3.8) is 0 Å². The normalized spacial score (nSPS) is 23.4. The molecule has 1 aromatic rings. The van der Waals surface area contributed by atoms with Crippen LogP contribution in [0.3, 0.4) is 0 Å². The minimum atomic E-state index is 0.0883. The van der Waals surface area contributed by atoms with E-state index in [1.54, 1.807) is 16.7 Å². The number of hydrogen-bond donors (Lipinski definition) is 1. The Bertz CT molecular complexity index is 427. The van der Waals surface area contributed by atoms with E-state index in [0.29, 0.717) is 0 Å². The molecule has 0 bridgehead atoms. The van der Waals surface area contributed by atoms with Crippen molar-refractivity contribution >= 4 is 0 Å². The lowest BCUT2D eigenvalue weighted by Crippen LogP contribution is -2.28. The number of rotatable bonds is 6. The Balaban J connectivity index is 1.60. The Morgan fingerprint density at radius 3 is 3.00 bits per heavy atom. The van der Waals surface area contributed by atoms with Gasteiger partial charge >= 0.3 is 0 Å². The monoisotopic (exact) mass is 262 g/mol. The molecule has 1 aliphatic rings. The number of nitrogens with one attached hydrogen (secondary N) is 1. The maximum atomic E-state index is 11.5. The summed E-state index contributed by atoms with van der Waals surface area (Å²) in [5, 5.41) is 3.46. The van der Waals surface area contributed by atoms with Crippen LogP contribution in [0.15, 0.2) is 29.2 Å². The fourth-order valence-electron chi connectivity index (χ4n) is 3.10. The summed E-state index contributed by atoms with van der Waals surface area (Å²) < 4.78 is 1.76. The molecule has 3 heteroatoms. The van der Waals surface area contributed by atoms with Gasteiger partial charge in [0, 0.05) is 25.4 Å². The SMILES string of the molecule is CC1CCCC(CCNCCn2ccccc2=O)C1. The second-order valence-corrected chi connectivity index (χ2v) is 5.91. The summed E-state index contributed by atoms with van der Waals surface area (Å²) in [6, 6.07) is 5.31. The predicted octanol–water partition coefficient (Wildman–Crippen LogP) is 2.65. The lowest BCUT2D eigenvalue weighted by molar-refractivity contribution is 0.267. The van der Waals surface area contributed by atoms with Gasteiger partial charge in [0.1, 0.15) is 0 Å². The highest BCUT2D eigenvalue weighted by atomic mass is 16.1. The topological polar surface area (TPSA) is 34.0 Å². The van der Waals surface area contributed by atoms with E-state index in [-0.39, 0.29) is 5.56 Å². The van der Waals surface area contributed by atoms with Crippen LogP contribution in [0, 0.1) is 11.8 Å². The van der Waals surface area contributed by atoms with E-state index in [4.69, 9.17) is 0 Å². The Labute approximate surface area is 116 Å². The molecule has 0 saturated heterocycles. The zero-order valence-electron chi connectivity index (χ0n) is 12.0. The van der Waals surface area contributed by atoms with Crippen LogP contribution in [-0.2, 0) is 6.54 Å². The first kappa shape index (κ1) is 14.3. The minimum absolute atomic E-state index is 0.0883. The molecule has 19 heavy (non-hydrogen) atoms. The van der Waals surface area contributed by atoms with Crippen LogP contribution >= 0.6 is 0 Å². The minimum Gasteiger partial charge on any atom is -0.315 e. The summed E-state index contributed by atoms with van der Waals surface area (Å²) >= 11 is 0. The van der Waals surface area contributed by atoms with Gasteiger partial charge in [0.25, 0.3) is 5.56 Å². The van der Waals surface area contributed by atoms with E-state index in [1.807, 2.05) is 12.3 Å². The fraction of sp³-hybridized carbons (Fsp3) is 0.688. The summed E-state index contributed by atoms with van der Waals surface area (Å²) in [4.78, 5) is 11.5. The second-order valence-electron chi connectivity index (χ2n) is 5.91. The third-order valence-corrected chi connectivity index (χ3v) is 4.20. The highest BCUT2D eigenvalue weighted by Gasteiger charge is 2.17. The maximum absolute atomic E-state index is 11.5. The summed E-state index contributed by atoms with van der Waals surface area (Å²) in [6.07, 6.45) is 8.77. The molecule has 1 aromatic heterocycles.